The topological polar surface area (TPSA) is 53.7 Å². The van der Waals surface area contributed by atoms with Crippen molar-refractivity contribution in [2.45, 2.75) is 13.2 Å². The van der Waals surface area contributed by atoms with Gasteiger partial charge in [-0.1, -0.05) is 28.1 Å². The molecular formula is C16H16BrNO3. The van der Waals surface area contributed by atoms with Crippen molar-refractivity contribution in [2.24, 2.45) is 5.73 Å². The van der Waals surface area contributed by atoms with Crippen LogP contribution in [0.25, 0.3) is 0 Å². The standard InChI is InChI=1S/C16H16BrNO3/c17-14-8-16-15(19-5-6-20-16)7-12(14)10-21-13-3-1-11(9-18)2-4-13/h1-4,7-8H,5-6,9-10,18H2. The lowest BCUT2D eigenvalue weighted by Crippen LogP contribution is -2.15. The van der Waals surface area contributed by atoms with Crippen molar-refractivity contribution >= 4 is 15.9 Å². The van der Waals surface area contributed by atoms with Gasteiger partial charge in [0.2, 0.25) is 0 Å². The molecule has 2 N–H and O–H groups in total. The summed E-state index contributed by atoms with van der Waals surface area (Å²) in [5.74, 6) is 2.35. The Labute approximate surface area is 131 Å². The van der Waals surface area contributed by atoms with E-state index in [1.54, 1.807) is 0 Å². The van der Waals surface area contributed by atoms with Gasteiger partial charge < -0.3 is 19.9 Å². The number of nitrogens with two attached hydrogens (primary N) is 1. The van der Waals surface area contributed by atoms with E-state index in [1.807, 2.05) is 36.4 Å². The molecule has 5 heteroatoms. The molecule has 0 radical (unpaired) electrons. The largest absolute Gasteiger partial charge is 0.489 e. The number of fused-ring (bicyclic) bond motifs is 1. The molecule has 0 fully saturated rings. The maximum atomic E-state index is 5.80. The first-order chi connectivity index (χ1) is 10.3. The third-order valence-corrected chi connectivity index (χ3v) is 4.00. The van der Waals surface area contributed by atoms with Crippen LogP contribution in [0.2, 0.25) is 0 Å². The minimum Gasteiger partial charge on any atom is -0.489 e. The summed E-state index contributed by atoms with van der Waals surface area (Å²) in [5.41, 5.74) is 7.68. The predicted octanol–water partition coefficient (Wildman–Crippen LogP) is 3.26. The zero-order valence-corrected chi connectivity index (χ0v) is 13.1. The Kier molecular flexibility index (Phi) is 4.31. The van der Waals surface area contributed by atoms with Crippen LogP contribution in [0.3, 0.4) is 0 Å². The second-order valence-electron chi connectivity index (χ2n) is 4.72. The van der Waals surface area contributed by atoms with Crippen LogP contribution < -0.4 is 19.9 Å². The van der Waals surface area contributed by atoms with Crippen molar-refractivity contribution in [1.29, 1.82) is 0 Å². The van der Waals surface area contributed by atoms with Gasteiger partial charge in [-0.25, -0.2) is 0 Å². The Bertz CT molecular complexity index is 628. The van der Waals surface area contributed by atoms with Crippen LogP contribution in [0.15, 0.2) is 40.9 Å². The molecule has 0 bridgehead atoms. The number of benzene rings is 2. The minimum atomic E-state index is 0.458. The summed E-state index contributed by atoms with van der Waals surface area (Å²) in [5, 5.41) is 0. The summed E-state index contributed by atoms with van der Waals surface area (Å²) >= 11 is 3.54. The van der Waals surface area contributed by atoms with Crippen molar-refractivity contribution in [2.75, 3.05) is 13.2 Å². The molecule has 1 aliphatic rings. The Balaban J connectivity index is 1.72. The van der Waals surface area contributed by atoms with E-state index in [9.17, 15) is 0 Å². The van der Waals surface area contributed by atoms with Gasteiger partial charge in [0.15, 0.2) is 11.5 Å². The van der Waals surface area contributed by atoms with Crippen LogP contribution in [0.1, 0.15) is 11.1 Å². The van der Waals surface area contributed by atoms with E-state index in [-0.39, 0.29) is 0 Å². The van der Waals surface area contributed by atoms with Crippen LogP contribution in [0.5, 0.6) is 17.2 Å². The molecule has 2 aromatic rings. The van der Waals surface area contributed by atoms with E-state index in [2.05, 4.69) is 15.9 Å². The first-order valence-corrected chi connectivity index (χ1v) is 7.55. The van der Waals surface area contributed by atoms with Crippen molar-refractivity contribution in [1.82, 2.24) is 0 Å². The molecule has 0 amide bonds. The fraction of sp³-hybridized carbons (Fsp3) is 0.250. The summed E-state index contributed by atoms with van der Waals surface area (Å²) in [7, 11) is 0. The number of halogens is 1. The molecule has 21 heavy (non-hydrogen) atoms. The summed E-state index contributed by atoms with van der Waals surface area (Å²) in [6, 6.07) is 11.7. The number of hydrogen-bond donors (Lipinski definition) is 1. The highest BCUT2D eigenvalue weighted by Gasteiger charge is 2.15. The maximum absolute atomic E-state index is 5.80. The molecule has 0 aromatic heterocycles. The van der Waals surface area contributed by atoms with Crippen LogP contribution in [0.4, 0.5) is 0 Å². The highest BCUT2D eigenvalue weighted by atomic mass is 79.9. The molecule has 0 unspecified atom stereocenters. The second-order valence-corrected chi connectivity index (χ2v) is 5.58. The first-order valence-electron chi connectivity index (χ1n) is 6.76. The third kappa shape index (κ3) is 3.31. The lowest BCUT2D eigenvalue weighted by atomic mass is 10.2. The van der Waals surface area contributed by atoms with E-state index in [1.165, 1.54) is 0 Å². The molecule has 0 aliphatic carbocycles. The van der Waals surface area contributed by atoms with Gasteiger partial charge in [-0.2, -0.15) is 0 Å². The van der Waals surface area contributed by atoms with E-state index in [0.717, 1.165) is 32.8 Å². The highest BCUT2D eigenvalue weighted by Crippen LogP contribution is 2.35. The monoisotopic (exact) mass is 349 g/mol. The average Bonchev–Trinajstić information content (AvgIpc) is 2.53. The molecule has 1 aliphatic heterocycles. The molecule has 0 saturated heterocycles. The molecule has 0 atom stereocenters. The van der Waals surface area contributed by atoms with Crippen molar-refractivity contribution in [3.8, 4) is 17.2 Å². The van der Waals surface area contributed by atoms with E-state index in [4.69, 9.17) is 19.9 Å². The van der Waals surface area contributed by atoms with Crippen molar-refractivity contribution in [3.63, 3.8) is 0 Å². The zero-order valence-electron chi connectivity index (χ0n) is 11.5. The summed E-state index contributed by atoms with van der Waals surface area (Å²) in [6.45, 7) is 2.16. The molecule has 3 rings (SSSR count). The number of hydrogen-bond acceptors (Lipinski definition) is 4. The summed E-state index contributed by atoms with van der Waals surface area (Å²) in [6.07, 6.45) is 0. The fourth-order valence-electron chi connectivity index (χ4n) is 2.10. The van der Waals surface area contributed by atoms with Crippen molar-refractivity contribution in [3.05, 3.63) is 52.0 Å². The Morgan fingerprint density at radius 3 is 2.38 bits per heavy atom. The molecule has 0 spiro atoms. The van der Waals surface area contributed by atoms with Gasteiger partial charge in [-0.3, -0.25) is 0 Å². The van der Waals surface area contributed by atoms with E-state index in [0.29, 0.717) is 26.4 Å². The lowest BCUT2D eigenvalue weighted by Gasteiger charge is -2.20. The summed E-state index contributed by atoms with van der Waals surface area (Å²) in [4.78, 5) is 0. The zero-order chi connectivity index (χ0) is 14.7. The fourth-order valence-corrected chi connectivity index (χ4v) is 2.54. The summed E-state index contributed by atoms with van der Waals surface area (Å²) < 4.78 is 17.9. The van der Waals surface area contributed by atoms with Gasteiger partial charge in [-0.05, 0) is 29.8 Å². The van der Waals surface area contributed by atoms with Gasteiger partial charge in [-0.15, -0.1) is 0 Å². The normalized spacial score (nSPS) is 13.0. The lowest BCUT2D eigenvalue weighted by molar-refractivity contribution is 0.171. The van der Waals surface area contributed by atoms with E-state index >= 15 is 0 Å². The van der Waals surface area contributed by atoms with Gasteiger partial charge >= 0.3 is 0 Å². The van der Waals surface area contributed by atoms with Gasteiger partial charge in [0, 0.05) is 16.6 Å². The van der Waals surface area contributed by atoms with Gasteiger partial charge in [0.1, 0.15) is 25.6 Å². The first kappa shape index (κ1) is 14.2. The minimum absolute atomic E-state index is 0.458. The molecule has 2 aromatic carbocycles. The quantitative estimate of drug-likeness (QED) is 0.920. The Hall–Kier alpha value is -1.72. The van der Waals surface area contributed by atoms with Crippen LogP contribution in [0, 0.1) is 0 Å². The van der Waals surface area contributed by atoms with Crippen LogP contribution in [-0.2, 0) is 13.2 Å². The van der Waals surface area contributed by atoms with Crippen molar-refractivity contribution < 1.29 is 14.2 Å². The second kappa shape index (κ2) is 6.37. The van der Waals surface area contributed by atoms with E-state index < -0.39 is 0 Å². The highest BCUT2D eigenvalue weighted by molar-refractivity contribution is 9.10. The number of rotatable bonds is 4. The van der Waals surface area contributed by atoms with Crippen LogP contribution in [-0.4, -0.2) is 13.2 Å². The predicted molar refractivity (Wildman–Crippen MR) is 83.8 cm³/mol. The molecule has 110 valence electrons. The molecular weight excluding hydrogens is 334 g/mol. The van der Waals surface area contributed by atoms with Gasteiger partial charge in [0.25, 0.3) is 0 Å². The Morgan fingerprint density at radius 2 is 1.71 bits per heavy atom. The van der Waals surface area contributed by atoms with Gasteiger partial charge in [0.05, 0.1) is 0 Å². The SMILES string of the molecule is NCc1ccc(OCc2cc3c(cc2Br)OCCO3)cc1. The smallest absolute Gasteiger partial charge is 0.162 e. The average molecular weight is 350 g/mol. The molecule has 4 nitrogen and oxygen atoms in total. The third-order valence-electron chi connectivity index (χ3n) is 3.26. The maximum Gasteiger partial charge on any atom is 0.162 e. The molecule has 0 saturated carbocycles. The van der Waals surface area contributed by atoms with Crippen LogP contribution >= 0.6 is 15.9 Å². The molecule has 1 heterocycles. The Morgan fingerprint density at radius 1 is 1.05 bits per heavy atom. The number of ether oxygens (including phenoxy) is 3.